The van der Waals surface area contributed by atoms with Crippen molar-refractivity contribution in [3.8, 4) is 0 Å². The van der Waals surface area contributed by atoms with Crippen molar-refractivity contribution in [1.82, 2.24) is 5.32 Å². The zero-order chi connectivity index (χ0) is 9.19. The zero-order valence-corrected chi connectivity index (χ0v) is 8.68. The van der Waals surface area contributed by atoms with Crippen LogP contribution in [0.25, 0.3) is 0 Å². The third kappa shape index (κ3) is 3.11. The molecular weight excluding hydrogens is 150 g/mol. The molecule has 1 aliphatic rings. The van der Waals surface area contributed by atoms with Crippen LogP contribution in [0.2, 0.25) is 0 Å². The normalized spacial score (nSPS) is 28.2. The van der Waals surface area contributed by atoms with Gasteiger partial charge in [0.05, 0.1) is 12.2 Å². The Kier molecular flexibility index (Phi) is 3.13. The zero-order valence-electron chi connectivity index (χ0n) is 8.68. The van der Waals surface area contributed by atoms with E-state index in [1.165, 1.54) is 6.42 Å². The lowest BCUT2D eigenvalue weighted by Crippen LogP contribution is -2.29. The molecule has 0 aromatic heterocycles. The maximum absolute atomic E-state index is 5.65. The summed E-state index contributed by atoms with van der Waals surface area (Å²) in [6.07, 6.45) is 1.19. The standard InChI is InChI=1S/C10H21NO/c1-8(2)11-6-9-5-10(3,4)12-7-9/h8-9,11H,5-7H2,1-4H3/t9-/m0/s1. The minimum Gasteiger partial charge on any atom is -0.375 e. The highest BCUT2D eigenvalue weighted by Gasteiger charge is 2.31. The van der Waals surface area contributed by atoms with Crippen molar-refractivity contribution in [3.05, 3.63) is 0 Å². The van der Waals surface area contributed by atoms with Gasteiger partial charge in [-0.1, -0.05) is 13.8 Å². The summed E-state index contributed by atoms with van der Waals surface area (Å²) < 4.78 is 5.65. The number of rotatable bonds is 3. The van der Waals surface area contributed by atoms with Gasteiger partial charge in [-0.15, -0.1) is 0 Å². The van der Waals surface area contributed by atoms with Gasteiger partial charge in [-0.3, -0.25) is 0 Å². The molecule has 0 aromatic carbocycles. The molecule has 0 amide bonds. The lowest BCUT2D eigenvalue weighted by Gasteiger charge is -2.16. The fourth-order valence-corrected chi connectivity index (χ4v) is 1.69. The lowest BCUT2D eigenvalue weighted by atomic mass is 9.98. The molecule has 1 saturated heterocycles. The van der Waals surface area contributed by atoms with Crippen LogP contribution in [0.15, 0.2) is 0 Å². The minimum absolute atomic E-state index is 0.114. The van der Waals surface area contributed by atoms with Crippen LogP contribution in [0.4, 0.5) is 0 Å². The van der Waals surface area contributed by atoms with E-state index in [0.29, 0.717) is 12.0 Å². The smallest absolute Gasteiger partial charge is 0.0630 e. The first-order chi connectivity index (χ1) is 5.49. The highest BCUT2D eigenvalue weighted by molar-refractivity contribution is 4.82. The topological polar surface area (TPSA) is 21.3 Å². The fraction of sp³-hybridized carbons (Fsp3) is 1.00. The molecule has 72 valence electrons. The van der Waals surface area contributed by atoms with Gasteiger partial charge in [0, 0.05) is 12.6 Å². The Morgan fingerprint density at radius 2 is 2.17 bits per heavy atom. The molecule has 0 bridgehead atoms. The van der Waals surface area contributed by atoms with Crippen molar-refractivity contribution < 1.29 is 4.74 Å². The van der Waals surface area contributed by atoms with E-state index in [0.717, 1.165) is 13.2 Å². The van der Waals surface area contributed by atoms with Gasteiger partial charge in [0.1, 0.15) is 0 Å². The van der Waals surface area contributed by atoms with Crippen molar-refractivity contribution >= 4 is 0 Å². The molecule has 0 spiro atoms. The van der Waals surface area contributed by atoms with E-state index in [-0.39, 0.29) is 5.60 Å². The number of ether oxygens (including phenoxy) is 1. The van der Waals surface area contributed by atoms with Gasteiger partial charge in [0.2, 0.25) is 0 Å². The van der Waals surface area contributed by atoms with Crippen LogP contribution in [0.1, 0.15) is 34.1 Å². The molecular formula is C10H21NO. The van der Waals surface area contributed by atoms with Crippen LogP contribution in [0, 0.1) is 5.92 Å². The van der Waals surface area contributed by atoms with Crippen LogP contribution in [0.5, 0.6) is 0 Å². The number of hydrogen-bond acceptors (Lipinski definition) is 2. The van der Waals surface area contributed by atoms with E-state index < -0.39 is 0 Å². The molecule has 0 aromatic rings. The molecule has 0 radical (unpaired) electrons. The minimum atomic E-state index is 0.114. The quantitative estimate of drug-likeness (QED) is 0.699. The summed E-state index contributed by atoms with van der Waals surface area (Å²) in [4.78, 5) is 0. The highest BCUT2D eigenvalue weighted by atomic mass is 16.5. The summed E-state index contributed by atoms with van der Waals surface area (Å²) in [6.45, 7) is 10.7. The monoisotopic (exact) mass is 171 g/mol. The molecule has 1 rings (SSSR count). The summed E-state index contributed by atoms with van der Waals surface area (Å²) >= 11 is 0. The molecule has 0 unspecified atom stereocenters. The molecule has 1 heterocycles. The predicted molar refractivity (Wildman–Crippen MR) is 51.3 cm³/mol. The van der Waals surface area contributed by atoms with Crippen molar-refractivity contribution in [3.63, 3.8) is 0 Å². The highest BCUT2D eigenvalue weighted by Crippen LogP contribution is 2.28. The predicted octanol–water partition coefficient (Wildman–Crippen LogP) is 1.80. The lowest BCUT2D eigenvalue weighted by molar-refractivity contribution is 0.0350. The average molecular weight is 171 g/mol. The SMILES string of the molecule is CC(C)NC[C@H]1COC(C)(C)C1. The van der Waals surface area contributed by atoms with Crippen molar-refractivity contribution in [2.24, 2.45) is 5.92 Å². The third-order valence-electron chi connectivity index (χ3n) is 2.30. The van der Waals surface area contributed by atoms with Crippen molar-refractivity contribution in [2.75, 3.05) is 13.2 Å². The number of nitrogens with one attached hydrogen (secondary N) is 1. The van der Waals surface area contributed by atoms with E-state index in [4.69, 9.17) is 4.74 Å². The Morgan fingerprint density at radius 1 is 1.50 bits per heavy atom. The summed E-state index contributed by atoms with van der Waals surface area (Å²) in [7, 11) is 0. The van der Waals surface area contributed by atoms with Gasteiger partial charge in [-0.05, 0) is 26.2 Å². The molecule has 0 saturated carbocycles. The second kappa shape index (κ2) is 3.75. The van der Waals surface area contributed by atoms with Crippen LogP contribution in [-0.4, -0.2) is 24.8 Å². The summed E-state index contributed by atoms with van der Waals surface area (Å²) in [5, 5.41) is 3.45. The van der Waals surface area contributed by atoms with Gasteiger partial charge in [0.15, 0.2) is 0 Å². The molecule has 1 atom stereocenters. The largest absolute Gasteiger partial charge is 0.375 e. The second-order valence-corrected chi connectivity index (χ2v) is 4.70. The Hall–Kier alpha value is -0.0800. The third-order valence-corrected chi connectivity index (χ3v) is 2.30. The van der Waals surface area contributed by atoms with Gasteiger partial charge in [-0.2, -0.15) is 0 Å². The van der Waals surface area contributed by atoms with Gasteiger partial charge in [-0.25, -0.2) is 0 Å². The molecule has 2 heteroatoms. The second-order valence-electron chi connectivity index (χ2n) is 4.70. The van der Waals surface area contributed by atoms with Crippen molar-refractivity contribution in [2.45, 2.75) is 45.8 Å². The van der Waals surface area contributed by atoms with E-state index in [9.17, 15) is 0 Å². The van der Waals surface area contributed by atoms with E-state index in [1.807, 2.05) is 0 Å². The Balaban J connectivity index is 2.20. The van der Waals surface area contributed by atoms with E-state index in [1.54, 1.807) is 0 Å². The van der Waals surface area contributed by atoms with E-state index in [2.05, 4.69) is 33.0 Å². The molecule has 1 fully saturated rings. The fourth-order valence-electron chi connectivity index (χ4n) is 1.69. The van der Waals surface area contributed by atoms with E-state index >= 15 is 0 Å². The molecule has 12 heavy (non-hydrogen) atoms. The molecule has 2 nitrogen and oxygen atoms in total. The summed E-state index contributed by atoms with van der Waals surface area (Å²) in [5.41, 5.74) is 0.114. The van der Waals surface area contributed by atoms with Crippen LogP contribution < -0.4 is 5.32 Å². The Bertz CT molecular complexity index is 143. The Labute approximate surface area is 75.7 Å². The summed E-state index contributed by atoms with van der Waals surface area (Å²) in [6, 6.07) is 0.591. The van der Waals surface area contributed by atoms with Gasteiger partial charge in [0.25, 0.3) is 0 Å². The molecule has 1 N–H and O–H groups in total. The van der Waals surface area contributed by atoms with Crippen LogP contribution in [0.3, 0.4) is 0 Å². The number of hydrogen-bond donors (Lipinski definition) is 1. The maximum Gasteiger partial charge on any atom is 0.0630 e. The van der Waals surface area contributed by atoms with Gasteiger partial charge >= 0.3 is 0 Å². The summed E-state index contributed by atoms with van der Waals surface area (Å²) in [5.74, 6) is 0.711. The first-order valence-corrected chi connectivity index (χ1v) is 4.87. The first kappa shape index (κ1) is 10.0. The first-order valence-electron chi connectivity index (χ1n) is 4.87. The maximum atomic E-state index is 5.65. The molecule has 0 aliphatic carbocycles. The molecule has 1 aliphatic heterocycles. The van der Waals surface area contributed by atoms with Gasteiger partial charge < -0.3 is 10.1 Å². The van der Waals surface area contributed by atoms with Crippen LogP contribution >= 0.6 is 0 Å². The van der Waals surface area contributed by atoms with Crippen molar-refractivity contribution in [1.29, 1.82) is 0 Å². The average Bonchev–Trinajstić information content (AvgIpc) is 2.26. The Morgan fingerprint density at radius 3 is 2.58 bits per heavy atom. The van der Waals surface area contributed by atoms with Crippen LogP contribution in [-0.2, 0) is 4.74 Å².